The van der Waals surface area contributed by atoms with Gasteiger partial charge in [0.25, 0.3) is 0 Å². The topological polar surface area (TPSA) is 46.2 Å². The van der Waals surface area contributed by atoms with Crippen molar-refractivity contribution in [2.75, 3.05) is 6.54 Å². The highest BCUT2D eigenvalue weighted by molar-refractivity contribution is 5.89. The lowest BCUT2D eigenvalue weighted by atomic mass is 9.65. The van der Waals surface area contributed by atoms with Gasteiger partial charge in [-0.1, -0.05) is 6.92 Å². The molecule has 2 fully saturated rings. The van der Waals surface area contributed by atoms with E-state index in [0.29, 0.717) is 12.2 Å². The number of nitrogens with one attached hydrogen (secondary N) is 1. The molecule has 2 aliphatic rings. The number of Topliss-reactive ketones (excluding diaryl/α,β-unsaturated/α-hetero) is 1. The zero-order chi connectivity index (χ0) is 10.9. The third-order valence-electron chi connectivity index (χ3n) is 3.96. The average molecular weight is 209 g/mol. The quantitative estimate of drug-likeness (QED) is 0.718. The summed E-state index contributed by atoms with van der Waals surface area (Å²) in [6.07, 6.45) is 5.33. The van der Waals surface area contributed by atoms with Gasteiger partial charge in [0, 0.05) is 18.9 Å². The Bertz CT molecular complexity index is 277. The predicted molar refractivity (Wildman–Crippen MR) is 57.3 cm³/mol. The van der Waals surface area contributed by atoms with E-state index < -0.39 is 0 Å². The van der Waals surface area contributed by atoms with Gasteiger partial charge in [-0.25, -0.2) is 0 Å². The fourth-order valence-corrected chi connectivity index (χ4v) is 2.76. The molecule has 0 unspecified atom stereocenters. The summed E-state index contributed by atoms with van der Waals surface area (Å²) in [6.45, 7) is 2.88. The molecule has 2 rings (SSSR count). The van der Waals surface area contributed by atoms with E-state index in [-0.39, 0.29) is 17.2 Å². The van der Waals surface area contributed by atoms with Gasteiger partial charge in [0.2, 0.25) is 5.91 Å². The molecule has 1 saturated heterocycles. The molecule has 0 aromatic heterocycles. The number of hydrogen-bond acceptors (Lipinski definition) is 2. The van der Waals surface area contributed by atoms with Gasteiger partial charge in [-0.2, -0.15) is 0 Å². The molecule has 3 nitrogen and oxygen atoms in total. The summed E-state index contributed by atoms with van der Waals surface area (Å²) in [5.41, 5.74) is -0.0804. The lowest BCUT2D eigenvalue weighted by molar-refractivity contribution is -0.145. The van der Waals surface area contributed by atoms with Crippen molar-refractivity contribution < 1.29 is 9.59 Å². The summed E-state index contributed by atoms with van der Waals surface area (Å²) < 4.78 is 0. The summed E-state index contributed by atoms with van der Waals surface area (Å²) in [5.74, 6) is 0.861. The van der Waals surface area contributed by atoms with Crippen LogP contribution in [0, 0.1) is 11.3 Å². The van der Waals surface area contributed by atoms with Crippen LogP contribution in [0.15, 0.2) is 0 Å². The van der Waals surface area contributed by atoms with E-state index in [0.717, 1.165) is 38.6 Å². The van der Waals surface area contributed by atoms with Crippen molar-refractivity contribution in [3.05, 3.63) is 0 Å². The van der Waals surface area contributed by atoms with E-state index in [1.807, 2.05) is 6.92 Å². The minimum atomic E-state index is -0.0804. The van der Waals surface area contributed by atoms with Crippen LogP contribution in [-0.2, 0) is 9.59 Å². The molecule has 1 aliphatic heterocycles. The molecule has 1 saturated carbocycles. The normalized spacial score (nSPS) is 34.7. The second-order valence-electron chi connectivity index (χ2n) is 4.95. The highest BCUT2D eigenvalue weighted by Crippen LogP contribution is 2.42. The fraction of sp³-hybridized carbons (Fsp3) is 0.833. The number of β-lactam (4-membered cyclic amide) rings is 1. The molecule has 1 N–H and O–H groups in total. The van der Waals surface area contributed by atoms with Crippen LogP contribution in [0.1, 0.15) is 45.4 Å². The maximum Gasteiger partial charge on any atom is 0.228 e. The van der Waals surface area contributed by atoms with E-state index in [9.17, 15) is 9.59 Å². The van der Waals surface area contributed by atoms with Gasteiger partial charge in [-0.15, -0.1) is 0 Å². The Morgan fingerprint density at radius 2 is 2.13 bits per heavy atom. The van der Waals surface area contributed by atoms with Crippen LogP contribution in [-0.4, -0.2) is 18.2 Å². The Balaban J connectivity index is 1.87. The van der Waals surface area contributed by atoms with Crippen LogP contribution in [0.2, 0.25) is 0 Å². The fourth-order valence-electron chi connectivity index (χ4n) is 2.76. The third-order valence-corrected chi connectivity index (χ3v) is 3.96. The zero-order valence-electron chi connectivity index (χ0n) is 9.34. The van der Waals surface area contributed by atoms with Gasteiger partial charge in [0.05, 0.1) is 5.41 Å². The molecule has 84 valence electrons. The average Bonchev–Trinajstić information content (AvgIpc) is 2.27. The second-order valence-corrected chi connectivity index (χ2v) is 4.95. The van der Waals surface area contributed by atoms with E-state index >= 15 is 0 Å². The van der Waals surface area contributed by atoms with Gasteiger partial charge < -0.3 is 5.32 Å². The van der Waals surface area contributed by atoms with Crippen LogP contribution >= 0.6 is 0 Å². The van der Waals surface area contributed by atoms with Crippen molar-refractivity contribution in [1.29, 1.82) is 0 Å². The van der Waals surface area contributed by atoms with Crippen LogP contribution in [0.5, 0.6) is 0 Å². The number of carbonyl (C=O) groups is 2. The molecule has 3 heteroatoms. The van der Waals surface area contributed by atoms with Gasteiger partial charge in [0.15, 0.2) is 0 Å². The number of ketones is 1. The van der Waals surface area contributed by atoms with Crippen LogP contribution in [0.25, 0.3) is 0 Å². The maximum absolute atomic E-state index is 11.7. The van der Waals surface area contributed by atoms with E-state index in [4.69, 9.17) is 0 Å². The largest absolute Gasteiger partial charge is 0.354 e. The Hall–Kier alpha value is -0.860. The lowest BCUT2D eigenvalue weighted by Gasteiger charge is -2.45. The molecule has 1 spiro atoms. The maximum atomic E-state index is 11.7. The van der Waals surface area contributed by atoms with E-state index in [1.54, 1.807) is 0 Å². The molecule has 0 aromatic rings. The molecule has 15 heavy (non-hydrogen) atoms. The number of hydrogen-bond donors (Lipinski definition) is 1. The first-order valence-corrected chi connectivity index (χ1v) is 5.99. The van der Waals surface area contributed by atoms with Crippen molar-refractivity contribution in [2.45, 2.75) is 45.4 Å². The molecule has 0 atom stereocenters. The molecule has 0 bridgehead atoms. The van der Waals surface area contributed by atoms with Crippen molar-refractivity contribution >= 4 is 11.7 Å². The van der Waals surface area contributed by atoms with Crippen molar-refractivity contribution in [3.8, 4) is 0 Å². The third kappa shape index (κ3) is 1.80. The Kier molecular flexibility index (Phi) is 2.81. The SMILES string of the molecule is CCCC(=O)C1CCC2(CC1)CNC2=O. The molecule has 1 heterocycles. The number of rotatable bonds is 3. The summed E-state index contributed by atoms with van der Waals surface area (Å²) in [4.78, 5) is 23.1. The standard InChI is InChI=1S/C12H19NO2/c1-2-3-10(14)9-4-6-12(7-5-9)8-13-11(12)15/h9H,2-8H2,1H3,(H,13,15). The lowest BCUT2D eigenvalue weighted by Crippen LogP contribution is -2.60. The Morgan fingerprint density at radius 1 is 1.47 bits per heavy atom. The highest BCUT2D eigenvalue weighted by atomic mass is 16.2. The van der Waals surface area contributed by atoms with Crippen LogP contribution in [0.4, 0.5) is 0 Å². The highest BCUT2D eigenvalue weighted by Gasteiger charge is 2.48. The van der Waals surface area contributed by atoms with E-state index in [2.05, 4.69) is 5.32 Å². The molecule has 1 amide bonds. The summed E-state index contributed by atoms with van der Waals surface area (Å²) in [5, 5.41) is 2.81. The summed E-state index contributed by atoms with van der Waals surface area (Å²) in [7, 11) is 0. The number of amides is 1. The molecular formula is C12H19NO2. The number of carbonyl (C=O) groups excluding carboxylic acids is 2. The molecule has 0 aromatic carbocycles. The first-order valence-electron chi connectivity index (χ1n) is 5.99. The predicted octanol–water partition coefficient (Wildman–Crippen LogP) is 1.66. The van der Waals surface area contributed by atoms with Crippen molar-refractivity contribution in [3.63, 3.8) is 0 Å². The smallest absolute Gasteiger partial charge is 0.228 e. The minimum Gasteiger partial charge on any atom is -0.354 e. The monoisotopic (exact) mass is 209 g/mol. The molecule has 1 aliphatic carbocycles. The van der Waals surface area contributed by atoms with Gasteiger partial charge in [-0.3, -0.25) is 9.59 Å². The van der Waals surface area contributed by atoms with Gasteiger partial charge in [-0.05, 0) is 32.1 Å². The second kappa shape index (κ2) is 3.95. The molecular weight excluding hydrogens is 190 g/mol. The molecule has 0 radical (unpaired) electrons. The Morgan fingerprint density at radius 3 is 2.53 bits per heavy atom. The summed E-state index contributed by atoms with van der Waals surface area (Å²) >= 11 is 0. The first-order chi connectivity index (χ1) is 7.18. The van der Waals surface area contributed by atoms with E-state index in [1.165, 1.54) is 0 Å². The van der Waals surface area contributed by atoms with Gasteiger partial charge >= 0.3 is 0 Å². The van der Waals surface area contributed by atoms with Crippen LogP contribution < -0.4 is 5.32 Å². The van der Waals surface area contributed by atoms with Crippen molar-refractivity contribution in [2.24, 2.45) is 11.3 Å². The minimum absolute atomic E-state index is 0.0804. The first kappa shape index (κ1) is 10.7. The van der Waals surface area contributed by atoms with Crippen molar-refractivity contribution in [1.82, 2.24) is 5.32 Å². The Labute approximate surface area is 90.6 Å². The zero-order valence-corrected chi connectivity index (χ0v) is 9.34. The van der Waals surface area contributed by atoms with Gasteiger partial charge in [0.1, 0.15) is 5.78 Å². The van der Waals surface area contributed by atoms with Crippen LogP contribution in [0.3, 0.4) is 0 Å². The summed E-state index contributed by atoms with van der Waals surface area (Å²) in [6, 6.07) is 0.